The summed E-state index contributed by atoms with van der Waals surface area (Å²) in [6.45, 7) is 6.48. The van der Waals surface area contributed by atoms with E-state index in [1.165, 1.54) is 22.3 Å². The molecule has 124 valence electrons. The molecule has 3 aromatic rings. The quantitative estimate of drug-likeness (QED) is 0.464. The first-order valence-electron chi connectivity index (χ1n) is 7.02. The van der Waals surface area contributed by atoms with Gasteiger partial charge in [0.25, 0.3) is 0 Å². The van der Waals surface area contributed by atoms with Crippen LogP contribution in [0.1, 0.15) is 23.9 Å². The summed E-state index contributed by atoms with van der Waals surface area (Å²) >= 11 is 0. The van der Waals surface area contributed by atoms with Crippen LogP contribution >= 0.6 is 0 Å². The molecule has 2 heterocycles. The summed E-state index contributed by atoms with van der Waals surface area (Å²) in [5.74, 6) is 1.02. The number of aromatic nitrogens is 3. The minimum absolute atomic E-state index is 1.02. The minimum Gasteiger partial charge on any atom is -0.227 e. The molecule has 0 bridgehead atoms. The molecule has 0 radical (unpaired) electrons. The van der Waals surface area contributed by atoms with Gasteiger partial charge < -0.3 is 0 Å². The zero-order valence-corrected chi connectivity index (χ0v) is 14.1. The van der Waals surface area contributed by atoms with Crippen molar-refractivity contribution in [2.24, 2.45) is 7.05 Å². The Morgan fingerprint density at radius 1 is 1.13 bits per heavy atom. The standard InChI is InChI=1S/C15H18N3.ClHO4/c1-5-12-10(2)16-15-17(4)13-8-6-7-9-14(13)18(15)11(12)3;2-1(3,4)5/h6-9H,5H2,1-4H3;(H,2,3,4,5)/q+1;/p-1. The van der Waals surface area contributed by atoms with E-state index in [2.05, 4.69) is 61.1 Å². The number of hydrogen-bond acceptors (Lipinski definition) is 5. The van der Waals surface area contributed by atoms with Crippen molar-refractivity contribution in [1.29, 1.82) is 0 Å². The highest BCUT2D eigenvalue weighted by atomic mass is 35.7. The Morgan fingerprint density at radius 3 is 2.26 bits per heavy atom. The highest BCUT2D eigenvalue weighted by Gasteiger charge is 2.21. The van der Waals surface area contributed by atoms with E-state index in [0.29, 0.717) is 0 Å². The van der Waals surface area contributed by atoms with E-state index in [1.54, 1.807) is 0 Å². The van der Waals surface area contributed by atoms with Crippen molar-refractivity contribution in [2.75, 3.05) is 0 Å². The van der Waals surface area contributed by atoms with Crippen LogP contribution in [0.4, 0.5) is 0 Å². The highest BCUT2D eigenvalue weighted by Crippen LogP contribution is 2.19. The van der Waals surface area contributed by atoms with Crippen LogP contribution in [0.3, 0.4) is 0 Å². The molecule has 0 spiro atoms. The average Bonchev–Trinajstić information content (AvgIpc) is 2.71. The smallest absolute Gasteiger partial charge is 0.227 e. The van der Waals surface area contributed by atoms with Gasteiger partial charge in [-0.1, -0.05) is 24.0 Å². The molecule has 0 amide bonds. The Kier molecular flexibility index (Phi) is 4.88. The number of halogens is 1. The van der Waals surface area contributed by atoms with Crippen molar-refractivity contribution >= 4 is 16.8 Å². The van der Waals surface area contributed by atoms with Crippen molar-refractivity contribution in [3.63, 3.8) is 0 Å². The van der Waals surface area contributed by atoms with Crippen LogP contribution in [-0.2, 0) is 13.5 Å². The first kappa shape index (κ1) is 17.6. The van der Waals surface area contributed by atoms with Crippen molar-refractivity contribution in [2.45, 2.75) is 27.2 Å². The fraction of sp³-hybridized carbons (Fsp3) is 0.333. The summed E-state index contributed by atoms with van der Waals surface area (Å²) in [6.07, 6.45) is 1.02. The number of nitrogens with zero attached hydrogens (tertiary/aromatic N) is 3. The van der Waals surface area contributed by atoms with E-state index in [9.17, 15) is 0 Å². The second-order valence-electron chi connectivity index (χ2n) is 5.18. The molecule has 23 heavy (non-hydrogen) atoms. The lowest BCUT2D eigenvalue weighted by Crippen LogP contribution is -2.68. The van der Waals surface area contributed by atoms with Crippen LogP contribution < -0.4 is 23.2 Å². The highest BCUT2D eigenvalue weighted by molar-refractivity contribution is 5.75. The molecule has 0 atom stereocenters. The van der Waals surface area contributed by atoms with Crippen molar-refractivity contribution in [3.05, 3.63) is 41.2 Å². The zero-order chi connectivity index (χ0) is 17.4. The van der Waals surface area contributed by atoms with E-state index in [0.717, 1.165) is 17.9 Å². The second kappa shape index (κ2) is 6.38. The molecule has 8 heteroatoms. The van der Waals surface area contributed by atoms with Gasteiger partial charge in [-0.3, -0.25) is 0 Å². The predicted molar refractivity (Wildman–Crippen MR) is 72.7 cm³/mol. The molecule has 0 unspecified atom stereocenters. The van der Waals surface area contributed by atoms with E-state index in [4.69, 9.17) is 23.6 Å². The monoisotopic (exact) mass is 339 g/mol. The summed E-state index contributed by atoms with van der Waals surface area (Å²) in [5, 5.41) is 0. The van der Waals surface area contributed by atoms with Crippen LogP contribution in [0, 0.1) is 24.1 Å². The molecule has 7 nitrogen and oxygen atoms in total. The number of aryl methyl sites for hydroxylation is 3. The van der Waals surface area contributed by atoms with Crippen LogP contribution in [-0.4, -0.2) is 9.38 Å². The molecule has 2 aromatic heterocycles. The molecule has 0 N–H and O–H groups in total. The molecular formula is C15H18ClN3O4. The van der Waals surface area contributed by atoms with Gasteiger partial charge >= 0.3 is 5.78 Å². The minimum atomic E-state index is -4.94. The summed E-state index contributed by atoms with van der Waals surface area (Å²) in [7, 11) is -2.87. The van der Waals surface area contributed by atoms with E-state index in [1.807, 2.05) is 0 Å². The Hall–Kier alpha value is -1.77. The van der Waals surface area contributed by atoms with Gasteiger partial charge in [0, 0.05) is 5.56 Å². The lowest BCUT2D eigenvalue weighted by molar-refractivity contribution is -2.00. The van der Waals surface area contributed by atoms with E-state index >= 15 is 0 Å². The Labute approximate surface area is 135 Å². The van der Waals surface area contributed by atoms with E-state index < -0.39 is 10.2 Å². The Balaban J connectivity index is 0.000000338. The molecule has 0 aliphatic rings. The molecule has 0 saturated carbocycles. The molecule has 0 aliphatic heterocycles. The van der Waals surface area contributed by atoms with Crippen LogP contribution in [0.15, 0.2) is 24.3 Å². The average molecular weight is 340 g/mol. The maximum atomic E-state index is 8.49. The molecule has 0 fully saturated rings. The zero-order valence-electron chi connectivity index (χ0n) is 13.4. The summed E-state index contributed by atoms with van der Waals surface area (Å²) in [4.78, 5) is 4.77. The van der Waals surface area contributed by atoms with Crippen LogP contribution in [0.5, 0.6) is 0 Å². The Morgan fingerprint density at radius 2 is 1.70 bits per heavy atom. The van der Waals surface area contributed by atoms with Crippen molar-refractivity contribution in [3.8, 4) is 0 Å². The topological polar surface area (TPSA) is 113 Å². The predicted octanol–water partition coefficient (Wildman–Crippen LogP) is -2.26. The third-order valence-corrected chi connectivity index (χ3v) is 3.81. The molecule has 3 rings (SSSR count). The number of rotatable bonds is 1. The van der Waals surface area contributed by atoms with Gasteiger partial charge in [-0.05, 0) is 32.4 Å². The van der Waals surface area contributed by atoms with Gasteiger partial charge in [-0.2, -0.15) is 4.40 Å². The maximum Gasteiger partial charge on any atom is 0.404 e. The fourth-order valence-corrected chi connectivity index (χ4v) is 2.88. The first-order chi connectivity index (χ1) is 10.6. The number of para-hydroxylation sites is 2. The third-order valence-electron chi connectivity index (χ3n) is 3.81. The van der Waals surface area contributed by atoms with Crippen molar-refractivity contribution < 1.29 is 33.4 Å². The molecule has 1 aromatic carbocycles. The lowest BCUT2D eigenvalue weighted by atomic mass is 10.1. The van der Waals surface area contributed by atoms with E-state index in [-0.39, 0.29) is 0 Å². The van der Waals surface area contributed by atoms with Gasteiger partial charge in [-0.25, -0.2) is 23.2 Å². The second-order valence-corrected chi connectivity index (χ2v) is 5.93. The maximum absolute atomic E-state index is 8.49. The van der Waals surface area contributed by atoms with Gasteiger partial charge in [0.05, 0.1) is 12.7 Å². The van der Waals surface area contributed by atoms with Crippen LogP contribution in [0.25, 0.3) is 16.8 Å². The SMILES string of the molecule is CCc1c(C)nc2n(c1C)c1ccccc1[n+]2C.[O-][Cl+3]([O-])([O-])[O-]. The first-order valence-corrected chi connectivity index (χ1v) is 8.25. The van der Waals surface area contributed by atoms with Gasteiger partial charge in [0.1, 0.15) is 16.7 Å². The Bertz CT molecular complexity index is 849. The van der Waals surface area contributed by atoms with Crippen molar-refractivity contribution in [1.82, 2.24) is 9.38 Å². The summed E-state index contributed by atoms with van der Waals surface area (Å²) < 4.78 is 38.4. The number of fused-ring (bicyclic) bond motifs is 3. The largest absolute Gasteiger partial charge is 0.404 e. The van der Waals surface area contributed by atoms with Gasteiger partial charge in [0.2, 0.25) is 0 Å². The van der Waals surface area contributed by atoms with Gasteiger partial charge in [-0.15, -0.1) is 10.2 Å². The number of hydrogen-bond donors (Lipinski definition) is 0. The van der Waals surface area contributed by atoms with Gasteiger partial charge in [0.15, 0.2) is 0 Å². The summed E-state index contributed by atoms with van der Waals surface area (Å²) in [5.41, 5.74) is 6.25. The molecule has 0 aliphatic carbocycles. The third kappa shape index (κ3) is 3.60. The van der Waals surface area contributed by atoms with Crippen LogP contribution in [0.2, 0.25) is 0 Å². The normalized spacial score (nSPS) is 11.7. The fourth-order valence-electron chi connectivity index (χ4n) is 2.88. The molecular weight excluding hydrogens is 322 g/mol. The molecule has 0 saturated heterocycles. The summed E-state index contributed by atoms with van der Waals surface area (Å²) in [6, 6.07) is 8.46. The number of benzene rings is 1. The lowest BCUT2D eigenvalue weighted by Gasteiger charge is -2.17. The number of imidazole rings is 1.